The van der Waals surface area contributed by atoms with Gasteiger partial charge >= 0.3 is 5.97 Å². The van der Waals surface area contributed by atoms with Gasteiger partial charge in [0.2, 0.25) is 4.77 Å². The first-order valence-corrected chi connectivity index (χ1v) is 8.75. The fourth-order valence-corrected chi connectivity index (χ4v) is 2.99. The first-order valence-electron chi connectivity index (χ1n) is 7.97. The smallest absolute Gasteiger partial charge is 0.339 e. The van der Waals surface area contributed by atoms with E-state index in [-0.39, 0.29) is 5.97 Å². The zero-order valence-electron chi connectivity index (χ0n) is 14.3. The maximum absolute atomic E-state index is 12.3. The normalized spacial score (nSPS) is 10.9. The average molecular weight is 392 g/mol. The van der Waals surface area contributed by atoms with Gasteiger partial charge < -0.3 is 15.1 Å². The first-order chi connectivity index (χ1) is 12.4. The molecule has 0 bridgehead atoms. The van der Waals surface area contributed by atoms with Gasteiger partial charge in [-0.05, 0) is 49.8 Å². The molecule has 3 aromatic rings. The number of esters is 1. The highest BCUT2D eigenvalue weighted by Gasteiger charge is 2.20. The van der Waals surface area contributed by atoms with E-state index < -0.39 is 0 Å². The second-order valence-corrected chi connectivity index (χ2v) is 6.48. The fourth-order valence-electron chi connectivity index (χ4n) is 2.71. The molecule has 0 saturated carbocycles. The van der Waals surface area contributed by atoms with E-state index in [0.717, 1.165) is 17.0 Å². The van der Waals surface area contributed by atoms with E-state index in [0.29, 0.717) is 34.3 Å². The van der Waals surface area contributed by atoms with E-state index in [1.165, 1.54) is 4.68 Å². The zero-order valence-corrected chi connectivity index (χ0v) is 15.9. The molecule has 0 aliphatic rings. The SMILES string of the molecule is CCOC(=O)c1cc(-c2ccc(Cl)cc2)n(Cc2n[nH]c(=S)n2N)c1C. The topological polar surface area (TPSA) is 90.9 Å². The number of hydrogen-bond donors (Lipinski definition) is 2. The molecule has 0 saturated heterocycles. The number of nitrogens with two attached hydrogens (primary N) is 1. The highest BCUT2D eigenvalue weighted by molar-refractivity contribution is 7.71. The minimum atomic E-state index is -0.370. The number of hydrogen-bond acceptors (Lipinski definition) is 5. The van der Waals surface area contributed by atoms with Gasteiger partial charge in [0.1, 0.15) is 0 Å². The zero-order chi connectivity index (χ0) is 18.8. The second-order valence-electron chi connectivity index (χ2n) is 5.66. The Hall–Kier alpha value is -2.58. The van der Waals surface area contributed by atoms with Gasteiger partial charge in [0, 0.05) is 16.4 Å². The maximum atomic E-state index is 12.3. The summed E-state index contributed by atoms with van der Waals surface area (Å²) in [7, 11) is 0. The van der Waals surface area contributed by atoms with E-state index in [9.17, 15) is 4.79 Å². The van der Waals surface area contributed by atoms with E-state index in [2.05, 4.69) is 10.2 Å². The maximum Gasteiger partial charge on any atom is 0.339 e. The van der Waals surface area contributed by atoms with Gasteiger partial charge in [0.15, 0.2) is 5.82 Å². The van der Waals surface area contributed by atoms with Crippen LogP contribution in [0.25, 0.3) is 11.3 Å². The van der Waals surface area contributed by atoms with Crippen LogP contribution in [-0.4, -0.2) is 32.0 Å². The summed E-state index contributed by atoms with van der Waals surface area (Å²) in [5, 5.41) is 7.45. The summed E-state index contributed by atoms with van der Waals surface area (Å²) in [5.74, 6) is 6.09. The first kappa shape index (κ1) is 18.2. The molecule has 0 aliphatic heterocycles. The van der Waals surface area contributed by atoms with Crippen LogP contribution in [0.2, 0.25) is 5.02 Å². The van der Waals surface area contributed by atoms with Gasteiger partial charge in [-0.2, -0.15) is 5.10 Å². The van der Waals surface area contributed by atoms with Crippen LogP contribution in [0.15, 0.2) is 30.3 Å². The van der Waals surface area contributed by atoms with Crippen molar-refractivity contribution in [3.8, 4) is 11.3 Å². The van der Waals surface area contributed by atoms with Crippen molar-refractivity contribution in [2.45, 2.75) is 20.4 Å². The van der Waals surface area contributed by atoms with Crippen molar-refractivity contribution in [1.29, 1.82) is 0 Å². The van der Waals surface area contributed by atoms with Crippen LogP contribution in [0.1, 0.15) is 28.8 Å². The minimum absolute atomic E-state index is 0.307. The van der Waals surface area contributed by atoms with Gasteiger partial charge in [-0.1, -0.05) is 23.7 Å². The predicted octanol–water partition coefficient (Wildman–Crippen LogP) is 3.31. The van der Waals surface area contributed by atoms with Crippen molar-refractivity contribution >= 4 is 29.8 Å². The van der Waals surface area contributed by atoms with Gasteiger partial charge in [-0.3, -0.25) is 5.10 Å². The molecule has 7 nitrogen and oxygen atoms in total. The monoisotopic (exact) mass is 391 g/mol. The highest BCUT2D eigenvalue weighted by atomic mass is 35.5. The number of aromatic nitrogens is 4. The lowest BCUT2D eigenvalue weighted by Gasteiger charge is -2.11. The summed E-state index contributed by atoms with van der Waals surface area (Å²) < 4.78 is 8.75. The van der Waals surface area contributed by atoms with Crippen LogP contribution >= 0.6 is 23.8 Å². The number of nitrogens with one attached hydrogen (secondary N) is 1. The van der Waals surface area contributed by atoms with Crippen LogP contribution in [0, 0.1) is 11.7 Å². The Morgan fingerprint density at radius 1 is 1.38 bits per heavy atom. The lowest BCUT2D eigenvalue weighted by molar-refractivity contribution is 0.0525. The van der Waals surface area contributed by atoms with Crippen molar-refractivity contribution in [3.05, 3.63) is 57.2 Å². The van der Waals surface area contributed by atoms with Crippen LogP contribution in [0.4, 0.5) is 0 Å². The van der Waals surface area contributed by atoms with Crippen LogP contribution in [0.3, 0.4) is 0 Å². The lowest BCUT2D eigenvalue weighted by atomic mass is 10.1. The Kier molecular flexibility index (Phi) is 5.15. The molecule has 1 aromatic carbocycles. The number of nitrogens with zero attached hydrogens (tertiary/aromatic N) is 3. The predicted molar refractivity (Wildman–Crippen MR) is 102 cm³/mol. The average Bonchev–Trinajstić information content (AvgIpc) is 3.11. The number of aromatic amines is 1. The molecule has 136 valence electrons. The van der Waals surface area contributed by atoms with Crippen LogP contribution in [0.5, 0.6) is 0 Å². The van der Waals surface area contributed by atoms with Crippen molar-refractivity contribution in [2.75, 3.05) is 12.4 Å². The van der Waals surface area contributed by atoms with Crippen molar-refractivity contribution in [2.24, 2.45) is 0 Å². The molecular weight excluding hydrogens is 374 g/mol. The molecule has 9 heteroatoms. The van der Waals surface area contributed by atoms with E-state index in [4.69, 9.17) is 34.4 Å². The molecule has 2 heterocycles. The molecule has 3 rings (SSSR count). The number of halogens is 1. The number of carbonyl (C=O) groups excluding carboxylic acids is 1. The number of ether oxygens (including phenoxy) is 1. The molecule has 0 radical (unpaired) electrons. The Balaban J connectivity index is 2.13. The standard InChI is InChI=1S/C17H18ClN5O2S/c1-3-25-16(24)13-8-14(11-4-6-12(18)7-5-11)22(10(13)2)9-15-20-21-17(26)23(15)19/h4-8H,3,9,19H2,1-2H3,(H,21,26). The van der Waals surface area contributed by atoms with E-state index in [1.54, 1.807) is 25.1 Å². The molecule has 0 fully saturated rings. The van der Waals surface area contributed by atoms with Crippen LogP contribution < -0.4 is 5.84 Å². The molecule has 0 atom stereocenters. The third kappa shape index (κ3) is 3.38. The van der Waals surface area contributed by atoms with Gasteiger partial charge in [-0.15, -0.1) is 0 Å². The lowest BCUT2D eigenvalue weighted by Crippen LogP contribution is -2.17. The fraction of sp³-hybridized carbons (Fsp3) is 0.235. The second kappa shape index (κ2) is 7.35. The highest BCUT2D eigenvalue weighted by Crippen LogP contribution is 2.28. The van der Waals surface area contributed by atoms with Crippen molar-refractivity contribution in [3.63, 3.8) is 0 Å². The quantitative estimate of drug-likeness (QED) is 0.395. The third-order valence-electron chi connectivity index (χ3n) is 4.08. The largest absolute Gasteiger partial charge is 0.462 e. The summed E-state index contributed by atoms with van der Waals surface area (Å²) in [4.78, 5) is 12.3. The summed E-state index contributed by atoms with van der Waals surface area (Å²) in [6.45, 7) is 4.28. The number of benzene rings is 1. The molecule has 0 amide bonds. The Morgan fingerprint density at radius 3 is 2.65 bits per heavy atom. The summed E-state index contributed by atoms with van der Waals surface area (Å²) in [6, 6.07) is 9.18. The summed E-state index contributed by atoms with van der Waals surface area (Å²) in [6.07, 6.45) is 0. The summed E-state index contributed by atoms with van der Waals surface area (Å²) >= 11 is 11.1. The van der Waals surface area contributed by atoms with Gasteiger partial charge in [0.25, 0.3) is 0 Å². The number of carbonyl (C=O) groups is 1. The van der Waals surface area contributed by atoms with E-state index >= 15 is 0 Å². The number of rotatable bonds is 5. The number of H-pyrrole nitrogens is 1. The number of nitrogen functional groups attached to an aromatic ring is 1. The minimum Gasteiger partial charge on any atom is -0.462 e. The molecule has 3 N–H and O–H groups in total. The Morgan fingerprint density at radius 2 is 2.08 bits per heavy atom. The molecule has 0 spiro atoms. The van der Waals surface area contributed by atoms with E-state index in [1.807, 2.05) is 23.6 Å². The summed E-state index contributed by atoms with van der Waals surface area (Å²) in [5.41, 5.74) is 2.98. The Bertz CT molecular complexity index is 1000. The third-order valence-corrected chi connectivity index (χ3v) is 4.62. The molecule has 2 aromatic heterocycles. The Labute approximate surface area is 160 Å². The molecule has 26 heavy (non-hydrogen) atoms. The molecule has 0 unspecified atom stereocenters. The molecule has 0 aliphatic carbocycles. The van der Waals surface area contributed by atoms with Crippen LogP contribution in [-0.2, 0) is 11.3 Å². The van der Waals surface area contributed by atoms with Gasteiger partial charge in [-0.25, -0.2) is 9.47 Å². The van der Waals surface area contributed by atoms with Gasteiger partial charge in [0.05, 0.1) is 18.7 Å². The van der Waals surface area contributed by atoms with Crippen molar-refractivity contribution in [1.82, 2.24) is 19.4 Å². The van der Waals surface area contributed by atoms with Crippen molar-refractivity contribution < 1.29 is 9.53 Å². The molecular formula is C17H18ClN5O2S.